The van der Waals surface area contributed by atoms with Crippen LogP contribution in [0.2, 0.25) is 0 Å². The van der Waals surface area contributed by atoms with E-state index in [1.807, 2.05) is 33.3 Å². The molecule has 3 unspecified atom stereocenters. The molecule has 0 fully saturated rings. The number of nitrogens with zero attached hydrogens (tertiary/aromatic N) is 1. The first-order valence-corrected chi connectivity index (χ1v) is 21.6. The van der Waals surface area contributed by atoms with Crippen molar-refractivity contribution < 1.29 is 32.9 Å². The van der Waals surface area contributed by atoms with Crippen molar-refractivity contribution in [1.29, 1.82) is 0 Å². The number of unbranched alkanes of at least 4 members (excludes halogenated alkanes) is 8. The highest BCUT2D eigenvalue weighted by Gasteiger charge is 2.27. The summed E-state index contributed by atoms with van der Waals surface area (Å²) in [5.74, 6) is -0.324. The van der Waals surface area contributed by atoms with Gasteiger partial charge in [-0.1, -0.05) is 143 Å². The van der Waals surface area contributed by atoms with E-state index in [1.165, 1.54) is 38.5 Å². The van der Waals surface area contributed by atoms with Crippen LogP contribution in [0.4, 0.5) is 0 Å². The predicted molar refractivity (Wildman–Crippen MR) is 226 cm³/mol. The molecule has 0 aromatic rings. The van der Waals surface area contributed by atoms with Crippen LogP contribution in [0, 0.1) is 0 Å². The summed E-state index contributed by atoms with van der Waals surface area (Å²) in [5.41, 5.74) is 0. The van der Waals surface area contributed by atoms with E-state index in [0.717, 1.165) is 57.8 Å². The highest BCUT2D eigenvalue weighted by Crippen LogP contribution is 2.43. The maximum absolute atomic E-state index is 12.8. The maximum atomic E-state index is 12.8. The Morgan fingerprint density at radius 3 is 1.70 bits per heavy atom. The molecule has 0 saturated heterocycles. The third-order valence-electron chi connectivity index (χ3n) is 8.04. The van der Waals surface area contributed by atoms with Crippen LogP contribution in [0.1, 0.15) is 123 Å². The Morgan fingerprint density at radius 1 is 0.660 bits per heavy atom. The second-order valence-corrected chi connectivity index (χ2v) is 15.7. The van der Waals surface area contributed by atoms with Gasteiger partial charge in [0.15, 0.2) is 0 Å². The SMILES string of the molecule is CC/C=C\C/C=C\C/C=C\C/C=C\C/C=C\CC(=O)NC(COP(=O)(O)OCC[N+](C)(C)C)C(O)/C=C/CC/C=C/CC/C=C/CCCCCCCC. The zero-order valence-corrected chi connectivity index (χ0v) is 34.9. The van der Waals surface area contributed by atoms with Gasteiger partial charge in [-0.05, 0) is 70.6 Å². The summed E-state index contributed by atoms with van der Waals surface area (Å²) in [6, 6.07) is -0.928. The van der Waals surface area contributed by atoms with E-state index in [2.05, 4.69) is 92.1 Å². The van der Waals surface area contributed by atoms with Gasteiger partial charge >= 0.3 is 7.82 Å². The van der Waals surface area contributed by atoms with Crippen molar-refractivity contribution in [3.63, 3.8) is 0 Å². The predicted octanol–water partition coefficient (Wildman–Crippen LogP) is 10.8. The van der Waals surface area contributed by atoms with Crippen LogP contribution in [-0.4, -0.2) is 73.4 Å². The van der Waals surface area contributed by atoms with E-state index in [9.17, 15) is 19.4 Å². The Bertz CT molecular complexity index is 1180. The number of phosphoric acid groups is 1. The van der Waals surface area contributed by atoms with Crippen molar-refractivity contribution in [1.82, 2.24) is 5.32 Å². The molecule has 0 saturated carbocycles. The number of aliphatic hydroxyl groups excluding tert-OH is 1. The number of hydrogen-bond acceptors (Lipinski definition) is 5. The molecule has 8 nitrogen and oxygen atoms in total. The van der Waals surface area contributed by atoms with Gasteiger partial charge < -0.3 is 19.8 Å². The normalized spacial score (nSPS) is 15.5. The lowest BCUT2D eigenvalue weighted by Gasteiger charge is -2.25. The zero-order valence-electron chi connectivity index (χ0n) is 34.0. The molecular formula is C44H76N2O6P+. The number of quaternary nitrogens is 1. The molecule has 0 heterocycles. The lowest BCUT2D eigenvalue weighted by atomic mass is 10.1. The van der Waals surface area contributed by atoms with Crippen LogP contribution >= 0.6 is 7.82 Å². The Labute approximate surface area is 324 Å². The van der Waals surface area contributed by atoms with E-state index in [-0.39, 0.29) is 25.5 Å². The summed E-state index contributed by atoms with van der Waals surface area (Å²) >= 11 is 0. The van der Waals surface area contributed by atoms with Crippen molar-refractivity contribution in [2.75, 3.05) is 40.9 Å². The summed E-state index contributed by atoms with van der Waals surface area (Å²) in [7, 11) is 1.47. The molecule has 9 heteroatoms. The Kier molecular flexibility index (Phi) is 33.4. The van der Waals surface area contributed by atoms with Crippen molar-refractivity contribution in [3.8, 4) is 0 Å². The van der Waals surface area contributed by atoms with Gasteiger partial charge in [0.1, 0.15) is 13.2 Å². The molecule has 302 valence electrons. The second-order valence-electron chi connectivity index (χ2n) is 14.3. The molecule has 53 heavy (non-hydrogen) atoms. The van der Waals surface area contributed by atoms with Crippen LogP contribution < -0.4 is 5.32 Å². The molecule has 0 aliphatic rings. The number of carbonyl (C=O) groups excluding carboxylic acids is 1. The number of aliphatic hydroxyl groups is 1. The minimum atomic E-state index is -4.38. The number of nitrogens with one attached hydrogen (secondary N) is 1. The number of likely N-dealkylation sites (N-methyl/N-ethyl adjacent to an activating group) is 1. The van der Waals surface area contributed by atoms with Gasteiger partial charge in [0, 0.05) is 6.42 Å². The fourth-order valence-electron chi connectivity index (χ4n) is 4.84. The summed E-state index contributed by atoms with van der Waals surface area (Å²) in [5, 5.41) is 13.7. The lowest BCUT2D eigenvalue weighted by Crippen LogP contribution is -2.45. The number of carbonyl (C=O) groups is 1. The smallest absolute Gasteiger partial charge is 0.387 e. The molecular weight excluding hydrogens is 683 g/mol. The molecule has 3 atom stereocenters. The number of amides is 1. The van der Waals surface area contributed by atoms with E-state index < -0.39 is 20.0 Å². The molecule has 0 rings (SSSR count). The minimum Gasteiger partial charge on any atom is -0.387 e. The molecule has 0 aliphatic carbocycles. The van der Waals surface area contributed by atoms with E-state index >= 15 is 0 Å². The summed E-state index contributed by atoms with van der Waals surface area (Å²) in [6.07, 6.45) is 49.4. The largest absolute Gasteiger partial charge is 0.472 e. The first-order chi connectivity index (χ1) is 25.5. The topological polar surface area (TPSA) is 105 Å². The van der Waals surface area contributed by atoms with Gasteiger partial charge in [0.05, 0.1) is 39.9 Å². The maximum Gasteiger partial charge on any atom is 0.472 e. The number of hydrogen-bond donors (Lipinski definition) is 3. The molecule has 0 radical (unpaired) electrons. The first-order valence-electron chi connectivity index (χ1n) is 20.1. The van der Waals surface area contributed by atoms with Crippen molar-refractivity contribution in [2.24, 2.45) is 0 Å². The highest BCUT2D eigenvalue weighted by atomic mass is 31.2. The molecule has 0 aromatic carbocycles. The van der Waals surface area contributed by atoms with Crippen LogP contribution in [-0.2, 0) is 18.4 Å². The van der Waals surface area contributed by atoms with Crippen LogP contribution in [0.5, 0.6) is 0 Å². The summed E-state index contributed by atoms with van der Waals surface area (Å²) < 4.78 is 23.4. The third-order valence-corrected chi connectivity index (χ3v) is 9.03. The standard InChI is InChI=1S/C44H75N2O6P/c1-6-8-10-12-14-16-18-20-22-24-25-27-29-31-33-35-37-43(47)42(41-52-53(49,50)51-40-39-46(3,4)5)45-44(48)38-36-34-32-30-28-26-23-21-19-17-15-13-11-9-7-2/h9,11,15,17,20-23,27-30,34-37,42-43,47H,6-8,10,12-14,16,18-19,24-26,31-33,38-41H2,1-5H3,(H-,45,48,49,50)/p+1/b11-9-,17-15-,22-20+,23-21-,29-27+,30-28-,36-34-,37-35+. The first kappa shape index (κ1) is 50.4. The molecule has 0 aromatic heterocycles. The van der Waals surface area contributed by atoms with Gasteiger partial charge in [-0.15, -0.1) is 0 Å². The van der Waals surface area contributed by atoms with Gasteiger partial charge in [-0.25, -0.2) is 4.57 Å². The van der Waals surface area contributed by atoms with Crippen molar-refractivity contribution in [2.45, 2.75) is 135 Å². The summed E-state index contributed by atoms with van der Waals surface area (Å²) in [4.78, 5) is 23.0. The van der Waals surface area contributed by atoms with E-state index in [4.69, 9.17) is 9.05 Å². The third kappa shape index (κ3) is 37.5. The van der Waals surface area contributed by atoms with Gasteiger partial charge in [0.2, 0.25) is 5.91 Å². The quantitative estimate of drug-likeness (QED) is 0.0261. The van der Waals surface area contributed by atoms with E-state index in [0.29, 0.717) is 17.4 Å². The van der Waals surface area contributed by atoms with Crippen LogP contribution in [0.25, 0.3) is 0 Å². The Balaban J connectivity index is 4.76. The van der Waals surface area contributed by atoms with Gasteiger partial charge in [0.25, 0.3) is 0 Å². The molecule has 0 aliphatic heterocycles. The lowest BCUT2D eigenvalue weighted by molar-refractivity contribution is -0.870. The minimum absolute atomic E-state index is 0.0316. The molecule has 0 spiro atoms. The summed E-state index contributed by atoms with van der Waals surface area (Å²) in [6.45, 7) is 4.54. The van der Waals surface area contributed by atoms with Crippen LogP contribution in [0.15, 0.2) is 97.2 Å². The Hall–Kier alpha value is -2.58. The van der Waals surface area contributed by atoms with Gasteiger partial charge in [-0.2, -0.15) is 0 Å². The fourth-order valence-corrected chi connectivity index (χ4v) is 5.58. The molecule has 0 bridgehead atoms. The second kappa shape index (κ2) is 35.1. The fraction of sp³-hybridized carbons (Fsp3) is 0.614. The van der Waals surface area contributed by atoms with Gasteiger partial charge in [-0.3, -0.25) is 13.8 Å². The monoisotopic (exact) mass is 760 g/mol. The van der Waals surface area contributed by atoms with E-state index in [1.54, 1.807) is 12.2 Å². The van der Waals surface area contributed by atoms with Crippen molar-refractivity contribution >= 4 is 13.7 Å². The average molecular weight is 760 g/mol. The Morgan fingerprint density at radius 2 is 1.15 bits per heavy atom. The number of phosphoric ester groups is 1. The number of allylic oxidation sites excluding steroid dienone is 14. The van der Waals surface area contributed by atoms with Crippen LogP contribution in [0.3, 0.4) is 0 Å². The zero-order chi connectivity index (χ0) is 39.3. The van der Waals surface area contributed by atoms with Crippen molar-refractivity contribution in [3.05, 3.63) is 97.2 Å². The molecule has 3 N–H and O–H groups in total. The number of rotatable bonds is 34. The highest BCUT2D eigenvalue weighted by molar-refractivity contribution is 7.47. The average Bonchev–Trinajstić information content (AvgIpc) is 3.10. The molecule has 1 amide bonds.